The van der Waals surface area contributed by atoms with Crippen LogP contribution in [0.25, 0.3) is 0 Å². The van der Waals surface area contributed by atoms with E-state index >= 15 is 0 Å². The fraction of sp³-hybridized carbons (Fsp3) is 0.750. The van der Waals surface area contributed by atoms with Gasteiger partial charge in [-0.3, -0.25) is 0 Å². The average molecular weight is 241 g/mol. The summed E-state index contributed by atoms with van der Waals surface area (Å²) in [5, 5.41) is 3.36. The Hall–Kier alpha value is -0.910. The summed E-state index contributed by atoms with van der Waals surface area (Å²) in [6.45, 7) is 5.38. The van der Waals surface area contributed by atoms with E-state index in [1.807, 2.05) is 12.5 Å². The Bertz CT molecular complexity index is 302. The van der Waals surface area contributed by atoms with Crippen molar-refractivity contribution >= 4 is 0 Å². The van der Waals surface area contributed by atoms with Crippen molar-refractivity contribution < 1.29 is 9.47 Å². The summed E-state index contributed by atoms with van der Waals surface area (Å²) in [4.78, 5) is 4.16. The molecule has 17 heavy (non-hydrogen) atoms. The zero-order valence-corrected chi connectivity index (χ0v) is 11.0. The molecule has 0 spiro atoms. The van der Waals surface area contributed by atoms with Crippen LogP contribution in [0.1, 0.15) is 19.0 Å². The molecule has 1 rings (SSSR count). The Labute approximate surface area is 103 Å². The van der Waals surface area contributed by atoms with Gasteiger partial charge in [0.15, 0.2) is 0 Å². The van der Waals surface area contributed by atoms with Gasteiger partial charge in [-0.2, -0.15) is 0 Å². The van der Waals surface area contributed by atoms with Gasteiger partial charge in [0, 0.05) is 40.1 Å². The molecule has 0 saturated heterocycles. The van der Waals surface area contributed by atoms with Gasteiger partial charge in [0.1, 0.15) is 0 Å². The zero-order chi connectivity index (χ0) is 12.5. The lowest BCUT2D eigenvalue weighted by molar-refractivity contribution is 0.0287. The van der Waals surface area contributed by atoms with Crippen LogP contribution in [0.5, 0.6) is 0 Å². The van der Waals surface area contributed by atoms with Crippen molar-refractivity contribution in [2.24, 2.45) is 0 Å². The molecule has 0 fully saturated rings. The first-order chi connectivity index (χ1) is 8.31. The van der Waals surface area contributed by atoms with Gasteiger partial charge >= 0.3 is 0 Å². The van der Waals surface area contributed by atoms with Gasteiger partial charge in [0.05, 0.1) is 24.7 Å². The minimum Gasteiger partial charge on any atom is -0.382 e. The first-order valence-corrected chi connectivity index (χ1v) is 6.03. The molecule has 0 bridgehead atoms. The SMILES string of the molecule is CCCn1cncc1CNCC(COC)OC. The summed E-state index contributed by atoms with van der Waals surface area (Å²) >= 11 is 0. The highest BCUT2D eigenvalue weighted by Gasteiger charge is 2.07. The van der Waals surface area contributed by atoms with Crippen molar-refractivity contribution in [2.75, 3.05) is 27.4 Å². The molecule has 5 nitrogen and oxygen atoms in total. The van der Waals surface area contributed by atoms with E-state index in [0.29, 0.717) is 6.61 Å². The number of nitrogens with zero attached hydrogens (tertiary/aromatic N) is 2. The molecular weight excluding hydrogens is 218 g/mol. The molecule has 1 atom stereocenters. The number of nitrogens with one attached hydrogen (secondary N) is 1. The van der Waals surface area contributed by atoms with Crippen molar-refractivity contribution in [1.29, 1.82) is 0 Å². The van der Waals surface area contributed by atoms with Gasteiger partial charge in [0.2, 0.25) is 0 Å². The molecule has 1 heterocycles. The number of hydrogen-bond donors (Lipinski definition) is 1. The molecule has 1 aromatic heterocycles. The van der Waals surface area contributed by atoms with Crippen LogP contribution in [0.4, 0.5) is 0 Å². The smallest absolute Gasteiger partial charge is 0.0948 e. The molecule has 0 aliphatic heterocycles. The summed E-state index contributed by atoms with van der Waals surface area (Å²) in [5.74, 6) is 0. The van der Waals surface area contributed by atoms with Crippen LogP contribution in [-0.4, -0.2) is 43.0 Å². The number of rotatable bonds is 9. The van der Waals surface area contributed by atoms with Gasteiger partial charge < -0.3 is 19.4 Å². The molecule has 0 aliphatic carbocycles. The highest BCUT2D eigenvalue weighted by atomic mass is 16.5. The number of methoxy groups -OCH3 is 2. The first kappa shape index (κ1) is 14.2. The number of hydrogen-bond acceptors (Lipinski definition) is 4. The molecule has 0 aliphatic rings. The Morgan fingerprint density at radius 1 is 1.47 bits per heavy atom. The lowest BCUT2D eigenvalue weighted by atomic mass is 10.3. The maximum absolute atomic E-state index is 5.28. The van der Waals surface area contributed by atoms with Gasteiger partial charge in [-0.1, -0.05) is 6.92 Å². The van der Waals surface area contributed by atoms with Crippen LogP contribution >= 0.6 is 0 Å². The monoisotopic (exact) mass is 241 g/mol. The second kappa shape index (κ2) is 8.22. The number of imidazole rings is 1. The van der Waals surface area contributed by atoms with E-state index in [0.717, 1.165) is 26.1 Å². The molecule has 1 N–H and O–H groups in total. The van der Waals surface area contributed by atoms with Crippen molar-refractivity contribution in [3.8, 4) is 0 Å². The molecular formula is C12H23N3O2. The summed E-state index contributed by atoms with van der Waals surface area (Å²) < 4.78 is 12.5. The van der Waals surface area contributed by atoms with Gasteiger partial charge in [-0.05, 0) is 6.42 Å². The largest absolute Gasteiger partial charge is 0.382 e. The second-order valence-corrected chi connectivity index (χ2v) is 4.02. The van der Waals surface area contributed by atoms with E-state index in [9.17, 15) is 0 Å². The van der Waals surface area contributed by atoms with Crippen LogP contribution in [0, 0.1) is 0 Å². The number of aryl methyl sites for hydroxylation is 1. The fourth-order valence-electron chi connectivity index (χ4n) is 1.70. The quantitative estimate of drug-likeness (QED) is 0.702. The van der Waals surface area contributed by atoms with Gasteiger partial charge in [-0.15, -0.1) is 0 Å². The van der Waals surface area contributed by atoms with Gasteiger partial charge in [0.25, 0.3) is 0 Å². The summed E-state index contributed by atoms with van der Waals surface area (Å²) in [7, 11) is 3.38. The molecule has 0 saturated carbocycles. The third kappa shape index (κ3) is 4.85. The molecule has 1 aromatic rings. The van der Waals surface area contributed by atoms with Crippen LogP contribution in [0.2, 0.25) is 0 Å². The molecule has 98 valence electrons. The highest BCUT2D eigenvalue weighted by molar-refractivity contribution is 4.97. The Kier molecular flexibility index (Phi) is 6.84. The van der Waals surface area contributed by atoms with Crippen LogP contribution in [0.15, 0.2) is 12.5 Å². The molecule has 0 aromatic carbocycles. The number of aromatic nitrogens is 2. The van der Waals surface area contributed by atoms with Gasteiger partial charge in [-0.25, -0.2) is 4.98 Å². The van der Waals surface area contributed by atoms with E-state index in [-0.39, 0.29) is 6.10 Å². The summed E-state index contributed by atoms with van der Waals surface area (Å²) in [6, 6.07) is 0. The minimum absolute atomic E-state index is 0.0996. The van der Waals surface area contributed by atoms with E-state index in [4.69, 9.17) is 9.47 Å². The maximum Gasteiger partial charge on any atom is 0.0948 e. The van der Waals surface area contributed by atoms with E-state index in [1.165, 1.54) is 5.69 Å². The lowest BCUT2D eigenvalue weighted by Gasteiger charge is -2.15. The standard InChI is InChI=1S/C12H23N3O2/c1-4-5-15-10-14-7-11(15)6-13-8-12(17-3)9-16-2/h7,10,12-13H,4-6,8-9H2,1-3H3. The van der Waals surface area contributed by atoms with Crippen molar-refractivity contribution in [3.63, 3.8) is 0 Å². The van der Waals surface area contributed by atoms with Crippen LogP contribution in [-0.2, 0) is 22.6 Å². The fourth-order valence-corrected chi connectivity index (χ4v) is 1.70. The minimum atomic E-state index is 0.0996. The van der Waals surface area contributed by atoms with Crippen LogP contribution in [0.3, 0.4) is 0 Å². The predicted molar refractivity (Wildman–Crippen MR) is 66.9 cm³/mol. The Balaban J connectivity index is 2.31. The summed E-state index contributed by atoms with van der Waals surface area (Å²) in [5.41, 5.74) is 1.21. The van der Waals surface area contributed by atoms with Crippen LogP contribution < -0.4 is 5.32 Å². The molecule has 0 amide bonds. The molecule has 0 radical (unpaired) electrons. The third-order valence-corrected chi connectivity index (χ3v) is 2.63. The topological polar surface area (TPSA) is 48.3 Å². The Morgan fingerprint density at radius 3 is 2.94 bits per heavy atom. The third-order valence-electron chi connectivity index (χ3n) is 2.63. The normalized spacial score (nSPS) is 12.9. The summed E-state index contributed by atoms with van der Waals surface area (Å²) in [6.07, 6.45) is 5.00. The van der Waals surface area contributed by atoms with E-state index < -0.39 is 0 Å². The Morgan fingerprint density at radius 2 is 2.29 bits per heavy atom. The average Bonchev–Trinajstić information content (AvgIpc) is 2.76. The first-order valence-electron chi connectivity index (χ1n) is 6.03. The van der Waals surface area contributed by atoms with E-state index in [1.54, 1.807) is 14.2 Å². The lowest BCUT2D eigenvalue weighted by Crippen LogP contribution is -2.31. The van der Waals surface area contributed by atoms with E-state index in [2.05, 4.69) is 21.8 Å². The predicted octanol–water partition coefficient (Wildman–Crippen LogP) is 1.04. The number of ether oxygens (including phenoxy) is 2. The highest BCUT2D eigenvalue weighted by Crippen LogP contribution is 2.00. The van der Waals surface area contributed by atoms with Crippen molar-refractivity contribution in [1.82, 2.24) is 14.9 Å². The van der Waals surface area contributed by atoms with Crippen molar-refractivity contribution in [3.05, 3.63) is 18.2 Å². The maximum atomic E-state index is 5.28. The molecule has 5 heteroatoms. The zero-order valence-electron chi connectivity index (χ0n) is 11.0. The van der Waals surface area contributed by atoms with Crippen molar-refractivity contribution in [2.45, 2.75) is 32.5 Å². The second-order valence-electron chi connectivity index (χ2n) is 4.02. The molecule has 1 unspecified atom stereocenters.